The first-order valence-corrected chi connectivity index (χ1v) is 5.68. The zero-order chi connectivity index (χ0) is 12.3. The van der Waals surface area contributed by atoms with Crippen LogP contribution in [0.1, 0.15) is 25.3 Å². The Balaban J connectivity index is 2.02. The molecule has 1 aromatic rings. The summed E-state index contributed by atoms with van der Waals surface area (Å²) in [5, 5.41) is 2.46. The Morgan fingerprint density at radius 3 is 2.29 bits per heavy atom. The molecule has 2 heterocycles. The van der Waals surface area contributed by atoms with Gasteiger partial charge in [-0.25, -0.2) is 0 Å². The Labute approximate surface area is 99.2 Å². The lowest BCUT2D eigenvalue weighted by Crippen LogP contribution is -2.69. The molecule has 0 unspecified atom stereocenters. The number of fused-ring (bicyclic) bond motifs is 2. The van der Waals surface area contributed by atoms with Crippen LogP contribution in [0.4, 0.5) is 5.69 Å². The van der Waals surface area contributed by atoms with Gasteiger partial charge in [-0.1, -0.05) is 19.1 Å². The molecule has 0 aromatic heterocycles. The summed E-state index contributed by atoms with van der Waals surface area (Å²) in [6.07, 6.45) is 1.21. The van der Waals surface area contributed by atoms with Gasteiger partial charge in [0.15, 0.2) is 0 Å². The SMILES string of the molecule is CC12CC(c3ccc(N)cc3)(C1)C(=O)NC2=O. The van der Waals surface area contributed by atoms with E-state index in [4.69, 9.17) is 5.73 Å². The second kappa shape index (κ2) is 2.88. The molecule has 4 nitrogen and oxygen atoms in total. The highest BCUT2D eigenvalue weighted by Crippen LogP contribution is 2.58. The van der Waals surface area contributed by atoms with Gasteiger partial charge >= 0.3 is 0 Å². The topological polar surface area (TPSA) is 72.2 Å². The van der Waals surface area contributed by atoms with Gasteiger partial charge in [0.05, 0.1) is 5.41 Å². The number of anilines is 1. The third kappa shape index (κ3) is 1.18. The smallest absolute Gasteiger partial charge is 0.237 e. The summed E-state index contributed by atoms with van der Waals surface area (Å²) < 4.78 is 0. The summed E-state index contributed by atoms with van der Waals surface area (Å²) in [6.45, 7) is 1.91. The predicted molar refractivity (Wildman–Crippen MR) is 63.0 cm³/mol. The molecule has 4 heteroatoms. The number of amides is 2. The zero-order valence-corrected chi connectivity index (χ0v) is 9.62. The van der Waals surface area contributed by atoms with Crippen molar-refractivity contribution >= 4 is 17.5 Å². The van der Waals surface area contributed by atoms with Crippen molar-refractivity contribution in [2.24, 2.45) is 5.41 Å². The summed E-state index contributed by atoms with van der Waals surface area (Å²) in [6, 6.07) is 7.35. The minimum Gasteiger partial charge on any atom is -0.399 e. The van der Waals surface area contributed by atoms with Crippen LogP contribution in [0.25, 0.3) is 0 Å². The van der Waals surface area contributed by atoms with Gasteiger partial charge in [-0.2, -0.15) is 0 Å². The molecule has 1 aromatic carbocycles. The van der Waals surface area contributed by atoms with E-state index >= 15 is 0 Å². The fourth-order valence-corrected chi connectivity index (χ4v) is 3.11. The van der Waals surface area contributed by atoms with Gasteiger partial charge in [0.25, 0.3) is 0 Å². The number of hydrogen-bond donors (Lipinski definition) is 2. The number of benzene rings is 1. The fraction of sp³-hybridized carbons (Fsp3) is 0.385. The molecule has 3 N–H and O–H groups in total. The number of rotatable bonds is 1. The number of hydrogen-bond acceptors (Lipinski definition) is 3. The Hall–Kier alpha value is -1.84. The van der Waals surface area contributed by atoms with Crippen LogP contribution in [-0.4, -0.2) is 11.8 Å². The Morgan fingerprint density at radius 2 is 1.71 bits per heavy atom. The standard InChI is InChI=1S/C13H14N2O2/c1-12-6-13(7-12,11(17)15-10(12)16)8-2-4-9(14)5-3-8/h2-5H,6-7,14H2,1H3,(H,15,16,17). The van der Waals surface area contributed by atoms with E-state index in [0.717, 1.165) is 5.56 Å². The van der Waals surface area contributed by atoms with Crippen LogP contribution in [-0.2, 0) is 15.0 Å². The predicted octanol–water partition coefficient (Wildman–Crippen LogP) is 0.963. The molecule has 88 valence electrons. The van der Waals surface area contributed by atoms with E-state index in [1.54, 1.807) is 12.1 Å². The second-order valence-corrected chi connectivity index (χ2v) is 5.40. The van der Waals surface area contributed by atoms with Crippen LogP contribution in [0.3, 0.4) is 0 Å². The molecule has 1 saturated carbocycles. The van der Waals surface area contributed by atoms with Crippen molar-refractivity contribution in [1.82, 2.24) is 5.32 Å². The average molecular weight is 230 g/mol. The lowest BCUT2D eigenvalue weighted by Gasteiger charge is -2.56. The van der Waals surface area contributed by atoms with Crippen LogP contribution in [0, 0.1) is 5.41 Å². The molecular weight excluding hydrogens is 216 g/mol. The molecule has 1 aliphatic carbocycles. The van der Waals surface area contributed by atoms with E-state index in [0.29, 0.717) is 18.5 Å². The van der Waals surface area contributed by atoms with Crippen molar-refractivity contribution in [3.63, 3.8) is 0 Å². The van der Waals surface area contributed by atoms with E-state index in [9.17, 15) is 9.59 Å². The highest BCUT2D eigenvalue weighted by Gasteiger charge is 2.64. The summed E-state index contributed by atoms with van der Waals surface area (Å²) in [5.74, 6) is -0.309. The van der Waals surface area contributed by atoms with Gasteiger partial charge in [0.2, 0.25) is 11.8 Å². The lowest BCUT2D eigenvalue weighted by molar-refractivity contribution is -0.161. The molecule has 2 aliphatic heterocycles. The zero-order valence-electron chi connectivity index (χ0n) is 9.62. The Bertz CT molecular complexity index is 513. The molecule has 0 radical (unpaired) electrons. The number of nitrogens with one attached hydrogen (secondary N) is 1. The number of nitrogens with two attached hydrogens (primary N) is 1. The maximum absolute atomic E-state index is 12.0. The number of piperidine rings is 2. The fourth-order valence-electron chi connectivity index (χ4n) is 3.11. The number of carbonyl (C=O) groups excluding carboxylic acids is 2. The molecule has 17 heavy (non-hydrogen) atoms. The molecule has 2 saturated heterocycles. The van der Waals surface area contributed by atoms with Gasteiger partial charge in [-0.3, -0.25) is 14.9 Å². The van der Waals surface area contributed by atoms with Crippen molar-refractivity contribution in [1.29, 1.82) is 0 Å². The molecule has 3 aliphatic rings. The van der Waals surface area contributed by atoms with E-state index in [1.807, 2.05) is 19.1 Å². The molecule has 3 fully saturated rings. The summed E-state index contributed by atoms with van der Waals surface area (Å²) in [5.41, 5.74) is 6.38. The number of nitrogen functional groups attached to an aromatic ring is 1. The largest absolute Gasteiger partial charge is 0.399 e. The lowest BCUT2D eigenvalue weighted by atomic mass is 9.48. The summed E-state index contributed by atoms with van der Waals surface area (Å²) >= 11 is 0. The molecule has 4 rings (SSSR count). The van der Waals surface area contributed by atoms with Crippen molar-refractivity contribution in [2.45, 2.75) is 25.2 Å². The normalized spacial score (nSPS) is 35.1. The maximum atomic E-state index is 12.0. The van der Waals surface area contributed by atoms with E-state index in [2.05, 4.69) is 5.32 Å². The highest BCUT2D eigenvalue weighted by molar-refractivity contribution is 6.09. The highest BCUT2D eigenvalue weighted by atomic mass is 16.2. The summed E-state index contributed by atoms with van der Waals surface area (Å²) in [7, 11) is 0. The third-order valence-corrected chi connectivity index (χ3v) is 4.06. The van der Waals surface area contributed by atoms with Crippen LogP contribution in [0.15, 0.2) is 24.3 Å². The first-order valence-electron chi connectivity index (χ1n) is 5.68. The third-order valence-electron chi connectivity index (χ3n) is 4.06. The van der Waals surface area contributed by atoms with Crippen LogP contribution < -0.4 is 11.1 Å². The maximum Gasteiger partial charge on any atom is 0.237 e. The number of carbonyl (C=O) groups is 2. The van der Waals surface area contributed by atoms with Crippen LogP contribution >= 0.6 is 0 Å². The quantitative estimate of drug-likeness (QED) is 0.557. The number of imide groups is 1. The molecule has 0 atom stereocenters. The van der Waals surface area contributed by atoms with Crippen molar-refractivity contribution in [3.05, 3.63) is 29.8 Å². The van der Waals surface area contributed by atoms with Gasteiger partial charge in [-0.05, 0) is 30.5 Å². The molecule has 2 bridgehead atoms. The van der Waals surface area contributed by atoms with E-state index in [1.165, 1.54) is 0 Å². The molecular formula is C13H14N2O2. The van der Waals surface area contributed by atoms with Crippen molar-refractivity contribution < 1.29 is 9.59 Å². The Kier molecular flexibility index (Phi) is 1.75. The van der Waals surface area contributed by atoms with Crippen molar-refractivity contribution in [3.8, 4) is 0 Å². The molecule has 2 amide bonds. The first-order chi connectivity index (χ1) is 7.96. The summed E-state index contributed by atoms with van der Waals surface area (Å²) in [4.78, 5) is 23.7. The van der Waals surface area contributed by atoms with Gasteiger partial charge in [0, 0.05) is 11.1 Å². The minimum absolute atomic E-state index is 0.139. The van der Waals surface area contributed by atoms with E-state index < -0.39 is 5.41 Å². The Morgan fingerprint density at radius 1 is 1.12 bits per heavy atom. The monoisotopic (exact) mass is 230 g/mol. The van der Waals surface area contributed by atoms with Crippen molar-refractivity contribution in [2.75, 3.05) is 5.73 Å². The van der Waals surface area contributed by atoms with Gasteiger partial charge in [-0.15, -0.1) is 0 Å². The van der Waals surface area contributed by atoms with Crippen LogP contribution in [0.5, 0.6) is 0 Å². The van der Waals surface area contributed by atoms with Crippen LogP contribution in [0.2, 0.25) is 0 Å². The van der Waals surface area contributed by atoms with Gasteiger partial charge < -0.3 is 5.73 Å². The minimum atomic E-state index is -0.518. The first kappa shape index (κ1) is 10.3. The van der Waals surface area contributed by atoms with E-state index in [-0.39, 0.29) is 17.2 Å². The van der Waals surface area contributed by atoms with Gasteiger partial charge in [0.1, 0.15) is 0 Å². The molecule has 0 spiro atoms. The average Bonchev–Trinajstić information content (AvgIpc) is 2.23. The second-order valence-electron chi connectivity index (χ2n) is 5.40.